The van der Waals surface area contributed by atoms with E-state index in [1.165, 1.54) is 17.2 Å². The number of halogens is 1. The largest absolute Gasteiger partial charge is 0.391 e. The van der Waals surface area contributed by atoms with Crippen molar-refractivity contribution in [1.82, 2.24) is 9.88 Å². The Morgan fingerprint density at radius 1 is 1.53 bits per heavy atom. The van der Waals surface area contributed by atoms with Gasteiger partial charge in [-0.3, -0.25) is 10.1 Å². The van der Waals surface area contributed by atoms with Gasteiger partial charge in [0.15, 0.2) is 0 Å². The molecule has 102 valence electrons. The summed E-state index contributed by atoms with van der Waals surface area (Å²) in [4.78, 5) is 28.3. The fraction of sp³-hybridized carbons (Fsp3) is 0.364. The molecule has 0 aromatic carbocycles. The molecule has 1 fully saturated rings. The first kappa shape index (κ1) is 13.6. The van der Waals surface area contributed by atoms with Crippen molar-refractivity contribution in [1.29, 1.82) is 0 Å². The minimum absolute atomic E-state index is 0.0625. The number of aromatic nitrogens is 1. The van der Waals surface area contributed by atoms with E-state index >= 15 is 0 Å². The first-order valence-electron chi connectivity index (χ1n) is 5.64. The Kier molecular flexibility index (Phi) is 3.87. The SMILES string of the molecule is NC(=O)C1CC(O)CN1C(=O)Nc1ccc(Cl)cn1. The predicted molar refractivity (Wildman–Crippen MR) is 68.6 cm³/mol. The molecule has 19 heavy (non-hydrogen) atoms. The standard InChI is InChI=1S/C11H13ClN4O3/c12-6-1-2-9(14-4-6)15-11(19)16-5-7(17)3-8(16)10(13)18/h1-2,4,7-8,17H,3,5H2,(H2,13,18)(H,14,15,19). The summed E-state index contributed by atoms with van der Waals surface area (Å²) in [5.41, 5.74) is 5.20. The summed E-state index contributed by atoms with van der Waals surface area (Å²) in [5, 5.41) is 12.5. The van der Waals surface area contributed by atoms with Crippen LogP contribution in [0.4, 0.5) is 10.6 Å². The number of likely N-dealkylation sites (tertiary alicyclic amines) is 1. The number of pyridine rings is 1. The Morgan fingerprint density at radius 3 is 2.84 bits per heavy atom. The highest BCUT2D eigenvalue weighted by Crippen LogP contribution is 2.19. The number of amides is 3. The van der Waals surface area contributed by atoms with Gasteiger partial charge in [-0.05, 0) is 12.1 Å². The third-order valence-corrected chi connectivity index (χ3v) is 3.05. The Labute approximate surface area is 114 Å². The summed E-state index contributed by atoms with van der Waals surface area (Å²) >= 11 is 5.68. The number of aliphatic hydroxyl groups excluding tert-OH is 1. The van der Waals surface area contributed by atoms with Gasteiger partial charge in [-0.15, -0.1) is 0 Å². The van der Waals surface area contributed by atoms with Gasteiger partial charge in [0.2, 0.25) is 5.91 Å². The van der Waals surface area contributed by atoms with Gasteiger partial charge >= 0.3 is 6.03 Å². The number of β-amino-alcohol motifs (C(OH)–C–C–N with tert-alkyl or cyclic N) is 1. The number of carbonyl (C=O) groups excluding carboxylic acids is 2. The molecule has 4 N–H and O–H groups in total. The topological polar surface area (TPSA) is 109 Å². The molecule has 2 heterocycles. The molecule has 1 aliphatic rings. The number of nitrogens with one attached hydrogen (secondary N) is 1. The van der Waals surface area contributed by atoms with Crippen molar-refractivity contribution in [2.75, 3.05) is 11.9 Å². The maximum atomic E-state index is 12.0. The molecule has 0 spiro atoms. The van der Waals surface area contributed by atoms with Gasteiger partial charge in [0.1, 0.15) is 11.9 Å². The van der Waals surface area contributed by atoms with Crippen molar-refractivity contribution in [3.8, 4) is 0 Å². The lowest BCUT2D eigenvalue weighted by atomic mass is 10.2. The van der Waals surface area contributed by atoms with E-state index < -0.39 is 24.1 Å². The molecule has 0 aliphatic carbocycles. The summed E-state index contributed by atoms with van der Waals surface area (Å²) in [7, 11) is 0. The van der Waals surface area contributed by atoms with Crippen LogP contribution in [-0.4, -0.2) is 45.6 Å². The zero-order chi connectivity index (χ0) is 14.0. The molecular weight excluding hydrogens is 272 g/mol. The van der Waals surface area contributed by atoms with Crippen LogP contribution in [0, 0.1) is 0 Å². The van der Waals surface area contributed by atoms with E-state index in [0.29, 0.717) is 10.8 Å². The van der Waals surface area contributed by atoms with Crippen molar-refractivity contribution in [3.05, 3.63) is 23.4 Å². The third-order valence-electron chi connectivity index (χ3n) is 2.83. The molecule has 0 radical (unpaired) electrons. The molecule has 7 nitrogen and oxygen atoms in total. The van der Waals surface area contributed by atoms with Crippen LogP contribution in [0.2, 0.25) is 5.02 Å². The zero-order valence-electron chi connectivity index (χ0n) is 9.91. The molecule has 2 unspecified atom stereocenters. The highest BCUT2D eigenvalue weighted by molar-refractivity contribution is 6.30. The average Bonchev–Trinajstić information content (AvgIpc) is 2.74. The lowest BCUT2D eigenvalue weighted by Gasteiger charge is -2.21. The Morgan fingerprint density at radius 2 is 2.26 bits per heavy atom. The van der Waals surface area contributed by atoms with Crippen LogP contribution < -0.4 is 11.1 Å². The molecule has 1 saturated heterocycles. The summed E-state index contributed by atoms with van der Waals surface area (Å²) in [6.07, 6.45) is 0.791. The molecule has 0 saturated carbocycles. The Bertz CT molecular complexity index is 493. The fourth-order valence-electron chi connectivity index (χ4n) is 1.94. The normalized spacial score (nSPS) is 22.3. The van der Waals surface area contributed by atoms with Gasteiger partial charge in [-0.2, -0.15) is 0 Å². The van der Waals surface area contributed by atoms with Crippen molar-refractivity contribution in [3.63, 3.8) is 0 Å². The second-order valence-electron chi connectivity index (χ2n) is 4.25. The number of carbonyl (C=O) groups is 2. The molecule has 2 atom stereocenters. The zero-order valence-corrected chi connectivity index (χ0v) is 10.7. The van der Waals surface area contributed by atoms with Crippen LogP contribution >= 0.6 is 11.6 Å². The molecule has 1 aromatic heterocycles. The van der Waals surface area contributed by atoms with Crippen molar-refractivity contribution in [2.24, 2.45) is 5.73 Å². The quantitative estimate of drug-likeness (QED) is 0.720. The number of hydrogen-bond acceptors (Lipinski definition) is 4. The van der Waals surface area contributed by atoms with E-state index in [1.54, 1.807) is 6.07 Å². The molecule has 1 aliphatic heterocycles. The van der Waals surface area contributed by atoms with Gasteiger partial charge in [0, 0.05) is 19.2 Å². The summed E-state index contributed by atoms with van der Waals surface area (Å²) in [6.45, 7) is 0.0625. The maximum absolute atomic E-state index is 12.0. The van der Waals surface area contributed by atoms with E-state index in [4.69, 9.17) is 17.3 Å². The van der Waals surface area contributed by atoms with Crippen molar-refractivity contribution >= 4 is 29.4 Å². The molecule has 8 heteroatoms. The van der Waals surface area contributed by atoms with Crippen molar-refractivity contribution in [2.45, 2.75) is 18.6 Å². The van der Waals surface area contributed by atoms with E-state index in [1.807, 2.05) is 0 Å². The molecule has 2 rings (SSSR count). The second kappa shape index (κ2) is 5.41. The minimum Gasteiger partial charge on any atom is -0.391 e. The smallest absolute Gasteiger partial charge is 0.323 e. The number of urea groups is 1. The molecule has 3 amide bonds. The monoisotopic (exact) mass is 284 g/mol. The average molecular weight is 285 g/mol. The lowest BCUT2D eigenvalue weighted by Crippen LogP contribution is -2.45. The number of rotatable bonds is 2. The molecule has 1 aromatic rings. The van der Waals surface area contributed by atoms with Crippen LogP contribution in [0.15, 0.2) is 18.3 Å². The summed E-state index contributed by atoms with van der Waals surface area (Å²) in [5.74, 6) is -0.338. The summed E-state index contributed by atoms with van der Waals surface area (Å²) in [6, 6.07) is 1.78. The number of anilines is 1. The number of hydrogen-bond donors (Lipinski definition) is 3. The Balaban J connectivity index is 2.06. The molecule has 0 bridgehead atoms. The lowest BCUT2D eigenvalue weighted by molar-refractivity contribution is -0.121. The second-order valence-corrected chi connectivity index (χ2v) is 4.69. The van der Waals surface area contributed by atoms with Crippen LogP contribution in [0.25, 0.3) is 0 Å². The van der Waals surface area contributed by atoms with Crippen LogP contribution in [0.5, 0.6) is 0 Å². The van der Waals surface area contributed by atoms with Gasteiger partial charge < -0.3 is 15.7 Å². The minimum atomic E-state index is -0.803. The van der Waals surface area contributed by atoms with Crippen LogP contribution in [-0.2, 0) is 4.79 Å². The highest BCUT2D eigenvalue weighted by atomic mass is 35.5. The van der Waals surface area contributed by atoms with E-state index in [0.717, 1.165) is 0 Å². The van der Waals surface area contributed by atoms with Crippen molar-refractivity contribution < 1.29 is 14.7 Å². The Hall–Kier alpha value is -1.86. The third kappa shape index (κ3) is 3.12. The van der Waals surface area contributed by atoms with Gasteiger partial charge in [0.25, 0.3) is 0 Å². The predicted octanol–water partition coefficient (Wildman–Crippen LogP) is 0.187. The first-order valence-corrected chi connectivity index (χ1v) is 6.01. The number of aliphatic hydroxyl groups is 1. The maximum Gasteiger partial charge on any atom is 0.323 e. The van der Waals surface area contributed by atoms with E-state index in [2.05, 4.69) is 10.3 Å². The van der Waals surface area contributed by atoms with Gasteiger partial charge in [-0.25, -0.2) is 9.78 Å². The van der Waals surface area contributed by atoms with E-state index in [9.17, 15) is 14.7 Å². The van der Waals surface area contributed by atoms with Gasteiger partial charge in [-0.1, -0.05) is 11.6 Å². The first-order chi connectivity index (χ1) is 8.97. The highest BCUT2D eigenvalue weighted by Gasteiger charge is 2.37. The van der Waals surface area contributed by atoms with Crippen LogP contribution in [0.3, 0.4) is 0 Å². The van der Waals surface area contributed by atoms with E-state index in [-0.39, 0.29) is 13.0 Å². The fourth-order valence-corrected chi connectivity index (χ4v) is 2.05. The number of nitrogens with two attached hydrogens (primary N) is 1. The number of primary amides is 1. The molecular formula is C11H13ClN4O3. The number of nitrogens with zero attached hydrogens (tertiary/aromatic N) is 2. The van der Waals surface area contributed by atoms with Gasteiger partial charge in [0.05, 0.1) is 11.1 Å². The summed E-state index contributed by atoms with van der Waals surface area (Å²) < 4.78 is 0. The van der Waals surface area contributed by atoms with Crippen LogP contribution in [0.1, 0.15) is 6.42 Å².